The minimum atomic E-state index is -0.234. The van der Waals surface area contributed by atoms with Crippen molar-refractivity contribution in [1.82, 2.24) is 15.0 Å². The van der Waals surface area contributed by atoms with Crippen LogP contribution in [0.25, 0.3) is 0 Å². The Bertz CT molecular complexity index is 361. The Balaban J connectivity index is 1.92. The monoisotopic (exact) mass is 209 g/mol. The van der Waals surface area contributed by atoms with Gasteiger partial charge in [0.2, 0.25) is 0 Å². The molecular weight excluding hydrogens is 194 g/mol. The van der Waals surface area contributed by atoms with Crippen molar-refractivity contribution in [3.8, 4) is 0 Å². The third-order valence-corrected chi connectivity index (χ3v) is 2.60. The van der Waals surface area contributed by atoms with Crippen molar-refractivity contribution in [3.05, 3.63) is 11.9 Å². The van der Waals surface area contributed by atoms with Crippen LogP contribution in [0.5, 0.6) is 0 Å². The summed E-state index contributed by atoms with van der Waals surface area (Å²) in [5.74, 6) is 0.111. The number of ketones is 1. The molecule has 2 heterocycles. The highest BCUT2D eigenvalue weighted by molar-refractivity contribution is 5.85. The second-order valence-corrected chi connectivity index (χ2v) is 4.04. The average Bonchev–Trinajstić information content (AvgIpc) is 2.75. The van der Waals surface area contributed by atoms with Crippen LogP contribution in [-0.4, -0.2) is 33.0 Å². The number of ether oxygens (including phenoxy) is 1. The second-order valence-electron chi connectivity index (χ2n) is 4.04. The van der Waals surface area contributed by atoms with Gasteiger partial charge in [-0.1, -0.05) is 5.21 Å². The summed E-state index contributed by atoms with van der Waals surface area (Å²) < 4.78 is 7.10. The number of hydrogen-bond acceptors (Lipinski definition) is 4. The van der Waals surface area contributed by atoms with Crippen molar-refractivity contribution in [2.24, 2.45) is 7.05 Å². The van der Waals surface area contributed by atoms with Crippen LogP contribution in [0.1, 0.15) is 25.5 Å². The van der Waals surface area contributed by atoms with Crippen LogP contribution in [-0.2, 0) is 23.0 Å². The van der Waals surface area contributed by atoms with Gasteiger partial charge in [-0.05, 0) is 19.8 Å². The number of nitrogens with zero attached hydrogens (tertiary/aromatic N) is 3. The number of Topliss-reactive ketones (excluding diaryl/α,β-unsaturated/α-hetero) is 1. The third-order valence-electron chi connectivity index (χ3n) is 2.60. The molecule has 0 amide bonds. The van der Waals surface area contributed by atoms with E-state index in [2.05, 4.69) is 10.3 Å². The van der Waals surface area contributed by atoms with E-state index in [9.17, 15) is 4.79 Å². The van der Waals surface area contributed by atoms with Crippen LogP contribution in [0.2, 0.25) is 0 Å². The molecule has 0 aromatic carbocycles. The van der Waals surface area contributed by atoms with Gasteiger partial charge in [-0.25, -0.2) is 0 Å². The van der Waals surface area contributed by atoms with Gasteiger partial charge in [0.1, 0.15) is 6.10 Å². The average molecular weight is 209 g/mol. The smallest absolute Gasteiger partial charge is 0.167 e. The molecule has 1 fully saturated rings. The van der Waals surface area contributed by atoms with Crippen molar-refractivity contribution >= 4 is 5.78 Å². The first-order valence-corrected chi connectivity index (χ1v) is 5.18. The lowest BCUT2D eigenvalue weighted by Gasteiger charge is -2.08. The zero-order chi connectivity index (χ0) is 10.8. The van der Waals surface area contributed by atoms with Crippen molar-refractivity contribution in [1.29, 1.82) is 0 Å². The maximum atomic E-state index is 11.8. The molecule has 0 spiro atoms. The molecular formula is C10H15N3O2. The summed E-state index contributed by atoms with van der Waals surface area (Å²) in [5, 5.41) is 7.67. The van der Waals surface area contributed by atoms with Crippen LogP contribution in [0, 0.1) is 0 Å². The van der Waals surface area contributed by atoms with E-state index >= 15 is 0 Å². The van der Waals surface area contributed by atoms with Gasteiger partial charge in [-0.15, -0.1) is 5.10 Å². The standard InChI is InChI=1S/C10H15N3O2/c1-7-3-4-10(15-7)9(14)5-8-6-13(2)12-11-8/h6-7,10H,3-5H2,1-2H3. The quantitative estimate of drug-likeness (QED) is 0.727. The largest absolute Gasteiger partial charge is 0.367 e. The molecule has 5 nitrogen and oxygen atoms in total. The fourth-order valence-corrected chi connectivity index (χ4v) is 1.81. The molecule has 5 heteroatoms. The summed E-state index contributed by atoms with van der Waals surface area (Å²) in [6.07, 6.45) is 3.86. The van der Waals surface area contributed by atoms with Gasteiger partial charge in [0.05, 0.1) is 18.2 Å². The Morgan fingerprint density at radius 3 is 3.00 bits per heavy atom. The van der Waals surface area contributed by atoms with E-state index < -0.39 is 0 Å². The molecule has 1 aromatic rings. The number of carbonyl (C=O) groups is 1. The SMILES string of the molecule is CC1CCC(C(=O)Cc2cn(C)nn2)O1. The topological polar surface area (TPSA) is 57.0 Å². The van der Waals surface area contributed by atoms with E-state index in [1.165, 1.54) is 0 Å². The summed E-state index contributed by atoms with van der Waals surface area (Å²) >= 11 is 0. The van der Waals surface area contributed by atoms with Crippen LogP contribution < -0.4 is 0 Å². The highest BCUT2D eigenvalue weighted by Crippen LogP contribution is 2.20. The van der Waals surface area contributed by atoms with E-state index in [4.69, 9.17) is 4.74 Å². The normalized spacial score (nSPS) is 25.7. The zero-order valence-corrected chi connectivity index (χ0v) is 9.01. The lowest BCUT2D eigenvalue weighted by Crippen LogP contribution is -2.22. The molecule has 82 valence electrons. The van der Waals surface area contributed by atoms with Crippen molar-refractivity contribution in [2.45, 2.75) is 38.4 Å². The first kappa shape index (κ1) is 10.3. The summed E-state index contributed by atoms with van der Waals surface area (Å²) in [7, 11) is 1.79. The van der Waals surface area contributed by atoms with Gasteiger partial charge < -0.3 is 4.74 Å². The third kappa shape index (κ3) is 2.41. The van der Waals surface area contributed by atoms with Gasteiger partial charge in [0, 0.05) is 13.2 Å². The van der Waals surface area contributed by atoms with Crippen LogP contribution in [0.15, 0.2) is 6.20 Å². The predicted octanol–water partition coefficient (Wildman–Crippen LogP) is 0.494. The Kier molecular flexibility index (Phi) is 2.81. The predicted molar refractivity (Wildman–Crippen MR) is 53.3 cm³/mol. The molecule has 0 bridgehead atoms. The van der Waals surface area contributed by atoms with Crippen molar-refractivity contribution < 1.29 is 9.53 Å². The lowest BCUT2D eigenvalue weighted by molar-refractivity contribution is -0.128. The molecule has 1 saturated heterocycles. The molecule has 0 saturated carbocycles. The van der Waals surface area contributed by atoms with Gasteiger partial charge in [0.15, 0.2) is 5.78 Å². The van der Waals surface area contributed by atoms with E-state index in [-0.39, 0.29) is 18.0 Å². The van der Waals surface area contributed by atoms with Gasteiger partial charge in [-0.2, -0.15) is 0 Å². The minimum absolute atomic E-state index is 0.111. The van der Waals surface area contributed by atoms with Crippen molar-refractivity contribution in [3.63, 3.8) is 0 Å². The number of aryl methyl sites for hydroxylation is 1. The maximum Gasteiger partial charge on any atom is 0.167 e. The summed E-state index contributed by atoms with van der Waals surface area (Å²) in [4.78, 5) is 11.8. The second kappa shape index (κ2) is 4.10. The zero-order valence-electron chi connectivity index (χ0n) is 9.01. The van der Waals surface area contributed by atoms with Gasteiger partial charge in [0.25, 0.3) is 0 Å². The molecule has 1 aromatic heterocycles. The van der Waals surface area contributed by atoms with Gasteiger partial charge >= 0.3 is 0 Å². The fourth-order valence-electron chi connectivity index (χ4n) is 1.81. The Morgan fingerprint density at radius 1 is 1.67 bits per heavy atom. The molecule has 15 heavy (non-hydrogen) atoms. The number of aromatic nitrogens is 3. The lowest BCUT2D eigenvalue weighted by atomic mass is 10.1. The molecule has 2 rings (SSSR count). The Morgan fingerprint density at radius 2 is 2.47 bits per heavy atom. The van der Waals surface area contributed by atoms with E-state index in [1.54, 1.807) is 17.9 Å². The molecule has 1 aliphatic rings. The van der Waals surface area contributed by atoms with E-state index in [1.807, 2.05) is 6.92 Å². The first-order valence-electron chi connectivity index (χ1n) is 5.18. The van der Waals surface area contributed by atoms with Crippen LogP contribution in [0.4, 0.5) is 0 Å². The van der Waals surface area contributed by atoms with Crippen LogP contribution >= 0.6 is 0 Å². The molecule has 0 radical (unpaired) electrons. The maximum absolute atomic E-state index is 11.8. The number of carbonyl (C=O) groups excluding carboxylic acids is 1. The summed E-state index contributed by atoms with van der Waals surface area (Å²) in [6, 6.07) is 0. The van der Waals surface area contributed by atoms with E-state index in [0.717, 1.165) is 12.8 Å². The molecule has 2 atom stereocenters. The number of hydrogen-bond donors (Lipinski definition) is 0. The first-order chi connectivity index (χ1) is 7.15. The summed E-state index contributed by atoms with van der Waals surface area (Å²) in [6.45, 7) is 2.00. The summed E-state index contributed by atoms with van der Waals surface area (Å²) in [5.41, 5.74) is 0.714. The van der Waals surface area contributed by atoms with Crippen molar-refractivity contribution in [2.75, 3.05) is 0 Å². The molecule has 1 aliphatic heterocycles. The molecule has 0 N–H and O–H groups in total. The highest BCUT2D eigenvalue weighted by Gasteiger charge is 2.28. The molecule has 0 aliphatic carbocycles. The van der Waals surface area contributed by atoms with Gasteiger partial charge in [-0.3, -0.25) is 9.48 Å². The Hall–Kier alpha value is -1.23. The van der Waals surface area contributed by atoms with E-state index in [0.29, 0.717) is 12.1 Å². The fraction of sp³-hybridized carbons (Fsp3) is 0.700. The minimum Gasteiger partial charge on any atom is -0.367 e. The molecule has 2 unspecified atom stereocenters. The number of rotatable bonds is 3. The Labute approximate surface area is 88.4 Å². The highest BCUT2D eigenvalue weighted by atomic mass is 16.5. The van der Waals surface area contributed by atoms with Crippen LogP contribution in [0.3, 0.4) is 0 Å².